The average Bonchev–Trinajstić information content (AvgIpc) is 3.28. The lowest BCUT2D eigenvalue weighted by atomic mass is 10.1. The van der Waals surface area contributed by atoms with E-state index in [-0.39, 0.29) is 35.9 Å². The van der Waals surface area contributed by atoms with Crippen molar-refractivity contribution in [3.8, 4) is 22.9 Å². The average molecular weight is 525 g/mol. The molecule has 4 rings (SSSR count). The number of amides is 2. The van der Waals surface area contributed by atoms with Crippen LogP contribution in [-0.2, 0) is 11.3 Å². The van der Waals surface area contributed by atoms with Gasteiger partial charge >= 0.3 is 12.3 Å². The molecular weight excluding hydrogens is 507 g/mol. The first-order valence-electron chi connectivity index (χ1n) is 10.8. The van der Waals surface area contributed by atoms with Gasteiger partial charge < -0.3 is 25.0 Å². The Hall–Kier alpha value is -5.19. The standard InChI is InChI=1S/C24H18F3N7O4/c1-28-12-21(35)32-19-13-34-20(31-19)8-7-17(33-34)15-9-16(23(37-2)30-11-15)22(36)29-10-14-5-3-4-6-18(14)38-24(25,26)27/h3-9,11,13H,10,12H2,2H3,(H,29,36)(H,32,35). The van der Waals surface area contributed by atoms with E-state index in [2.05, 4.69) is 35.3 Å². The maximum atomic E-state index is 13.0. The molecule has 2 N–H and O–H groups in total. The SMILES string of the molecule is [C-]#[N+]CC(=O)Nc1cn2nc(-c3cnc(OC)c(C(=O)NCc4ccccc4OC(F)(F)F)c3)ccc2n1. The Morgan fingerprint density at radius 3 is 2.71 bits per heavy atom. The van der Waals surface area contributed by atoms with Crippen molar-refractivity contribution in [2.75, 3.05) is 19.0 Å². The van der Waals surface area contributed by atoms with Crippen molar-refractivity contribution in [2.45, 2.75) is 12.9 Å². The van der Waals surface area contributed by atoms with E-state index in [9.17, 15) is 22.8 Å². The summed E-state index contributed by atoms with van der Waals surface area (Å²) in [6.45, 7) is 6.17. The smallest absolute Gasteiger partial charge is 0.480 e. The van der Waals surface area contributed by atoms with Gasteiger partial charge in [0.25, 0.3) is 12.5 Å². The maximum Gasteiger partial charge on any atom is 0.573 e. The molecule has 3 aromatic heterocycles. The number of anilines is 1. The Kier molecular flexibility index (Phi) is 7.38. The zero-order chi connectivity index (χ0) is 27.3. The first-order valence-corrected chi connectivity index (χ1v) is 10.8. The van der Waals surface area contributed by atoms with Crippen LogP contribution in [0.25, 0.3) is 21.7 Å². The monoisotopic (exact) mass is 525 g/mol. The topological polar surface area (TPSA) is 124 Å². The van der Waals surface area contributed by atoms with Gasteiger partial charge in [0.2, 0.25) is 5.88 Å². The number of fused-ring (bicyclic) bond motifs is 1. The van der Waals surface area contributed by atoms with E-state index in [1.165, 1.54) is 48.3 Å². The van der Waals surface area contributed by atoms with Gasteiger partial charge in [0.15, 0.2) is 11.5 Å². The Morgan fingerprint density at radius 1 is 1.18 bits per heavy atom. The zero-order valence-corrected chi connectivity index (χ0v) is 19.6. The highest BCUT2D eigenvalue weighted by atomic mass is 19.4. The largest absolute Gasteiger partial charge is 0.573 e. The molecule has 1 aromatic carbocycles. The number of carbonyl (C=O) groups is 2. The first kappa shape index (κ1) is 25.9. The number of imidazole rings is 1. The van der Waals surface area contributed by atoms with Gasteiger partial charge in [0, 0.05) is 23.9 Å². The molecule has 0 atom stereocenters. The van der Waals surface area contributed by atoms with Crippen LogP contribution in [0.5, 0.6) is 11.6 Å². The van der Waals surface area contributed by atoms with Crippen LogP contribution in [0.2, 0.25) is 0 Å². The highest BCUT2D eigenvalue weighted by Crippen LogP contribution is 2.27. The minimum Gasteiger partial charge on any atom is -0.480 e. The van der Waals surface area contributed by atoms with Crippen LogP contribution in [0.15, 0.2) is 54.9 Å². The van der Waals surface area contributed by atoms with Crippen molar-refractivity contribution >= 4 is 23.3 Å². The highest BCUT2D eigenvalue weighted by molar-refractivity contribution is 5.97. The second kappa shape index (κ2) is 10.8. The molecule has 0 bridgehead atoms. The number of ether oxygens (including phenoxy) is 2. The van der Waals surface area contributed by atoms with Crippen LogP contribution >= 0.6 is 0 Å². The van der Waals surface area contributed by atoms with E-state index in [4.69, 9.17) is 11.3 Å². The summed E-state index contributed by atoms with van der Waals surface area (Å²) < 4.78 is 48.7. The number of rotatable bonds is 8. The molecule has 0 fully saturated rings. The van der Waals surface area contributed by atoms with E-state index < -0.39 is 23.9 Å². The number of methoxy groups -OCH3 is 1. The lowest BCUT2D eigenvalue weighted by Gasteiger charge is -2.14. The molecule has 0 aliphatic carbocycles. The second-order valence-electron chi connectivity index (χ2n) is 7.63. The van der Waals surface area contributed by atoms with E-state index in [1.54, 1.807) is 12.1 Å². The van der Waals surface area contributed by atoms with Crippen molar-refractivity contribution in [1.29, 1.82) is 0 Å². The number of para-hydroxylation sites is 1. The molecule has 194 valence electrons. The van der Waals surface area contributed by atoms with Gasteiger partial charge in [-0.25, -0.2) is 21.1 Å². The molecule has 0 saturated heterocycles. The number of halogens is 3. The van der Waals surface area contributed by atoms with Crippen LogP contribution in [0, 0.1) is 6.57 Å². The van der Waals surface area contributed by atoms with Crippen LogP contribution in [-0.4, -0.2) is 51.4 Å². The fourth-order valence-electron chi connectivity index (χ4n) is 3.41. The fourth-order valence-corrected chi connectivity index (χ4v) is 3.41. The number of nitrogens with zero attached hydrogens (tertiary/aromatic N) is 5. The molecule has 0 saturated carbocycles. The van der Waals surface area contributed by atoms with Gasteiger partial charge in [-0.2, -0.15) is 5.10 Å². The van der Waals surface area contributed by atoms with Crippen LogP contribution < -0.4 is 20.1 Å². The lowest BCUT2D eigenvalue weighted by molar-refractivity contribution is -0.274. The third kappa shape index (κ3) is 6.13. The summed E-state index contributed by atoms with van der Waals surface area (Å²) in [5, 5.41) is 9.47. The van der Waals surface area contributed by atoms with Crippen molar-refractivity contribution in [2.24, 2.45) is 0 Å². The number of aromatic nitrogens is 4. The Morgan fingerprint density at radius 2 is 1.97 bits per heavy atom. The highest BCUT2D eigenvalue weighted by Gasteiger charge is 2.32. The van der Waals surface area contributed by atoms with Crippen LogP contribution in [0.3, 0.4) is 0 Å². The van der Waals surface area contributed by atoms with Crippen molar-refractivity contribution in [1.82, 2.24) is 24.9 Å². The number of benzene rings is 1. The maximum absolute atomic E-state index is 13.0. The number of pyridine rings is 1. The summed E-state index contributed by atoms with van der Waals surface area (Å²) >= 11 is 0. The van der Waals surface area contributed by atoms with Crippen LogP contribution in [0.1, 0.15) is 15.9 Å². The molecule has 0 aliphatic rings. The minimum atomic E-state index is -4.88. The third-order valence-electron chi connectivity index (χ3n) is 5.03. The molecule has 0 radical (unpaired) electrons. The molecular formula is C24H18F3N7O4. The number of alkyl halides is 3. The molecule has 38 heavy (non-hydrogen) atoms. The quantitative estimate of drug-likeness (QED) is 0.338. The van der Waals surface area contributed by atoms with Crippen molar-refractivity contribution in [3.63, 3.8) is 0 Å². The molecule has 4 aromatic rings. The molecule has 0 unspecified atom stereocenters. The van der Waals surface area contributed by atoms with Gasteiger partial charge in [-0.1, -0.05) is 18.2 Å². The van der Waals surface area contributed by atoms with Crippen molar-refractivity contribution in [3.05, 3.63) is 77.4 Å². The Balaban J connectivity index is 1.56. The molecule has 11 nitrogen and oxygen atoms in total. The van der Waals surface area contributed by atoms with Crippen molar-refractivity contribution < 1.29 is 32.2 Å². The summed E-state index contributed by atoms with van der Waals surface area (Å²) in [5.41, 5.74) is 1.41. The molecule has 3 heterocycles. The number of hydrogen-bond acceptors (Lipinski definition) is 7. The predicted octanol–water partition coefficient (Wildman–Crippen LogP) is 3.49. The summed E-state index contributed by atoms with van der Waals surface area (Å²) in [6.07, 6.45) is -1.98. The van der Waals surface area contributed by atoms with Crippen LogP contribution in [0.4, 0.5) is 19.0 Å². The summed E-state index contributed by atoms with van der Waals surface area (Å²) in [6, 6.07) is 10.2. The van der Waals surface area contributed by atoms with Gasteiger partial charge in [-0.15, -0.1) is 13.2 Å². The van der Waals surface area contributed by atoms with Gasteiger partial charge in [-0.3, -0.25) is 9.59 Å². The second-order valence-corrected chi connectivity index (χ2v) is 7.63. The fraction of sp³-hybridized carbons (Fsp3) is 0.167. The number of nitrogens with one attached hydrogen (secondary N) is 2. The van der Waals surface area contributed by atoms with Gasteiger partial charge in [-0.05, 0) is 24.3 Å². The van der Waals surface area contributed by atoms with E-state index in [0.717, 1.165) is 6.07 Å². The van der Waals surface area contributed by atoms with E-state index in [1.807, 2.05) is 0 Å². The number of carbonyl (C=O) groups excluding carboxylic acids is 2. The lowest BCUT2D eigenvalue weighted by Crippen LogP contribution is -2.25. The minimum absolute atomic E-state index is 0.000378. The third-order valence-corrected chi connectivity index (χ3v) is 5.03. The normalized spacial score (nSPS) is 11.0. The van der Waals surface area contributed by atoms with Gasteiger partial charge in [0.05, 0.1) is 19.0 Å². The molecule has 2 amide bonds. The molecule has 0 aliphatic heterocycles. The Bertz CT molecular complexity index is 1550. The molecule has 0 spiro atoms. The predicted molar refractivity (Wildman–Crippen MR) is 127 cm³/mol. The zero-order valence-electron chi connectivity index (χ0n) is 19.6. The summed E-state index contributed by atoms with van der Waals surface area (Å²) in [5.74, 6) is -1.37. The Labute approximate surface area is 213 Å². The number of hydrogen-bond donors (Lipinski definition) is 2. The van der Waals surface area contributed by atoms with E-state index >= 15 is 0 Å². The summed E-state index contributed by atoms with van der Waals surface area (Å²) in [7, 11) is 1.32. The van der Waals surface area contributed by atoms with E-state index in [0.29, 0.717) is 16.9 Å². The summed E-state index contributed by atoms with van der Waals surface area (Å²) in [4.78, 5) is 36.0. The molecule has 14 heteroatoms. The van der Waals surface area contributed by atoms with Gasteiger partial charge in [0.1, 0.15) is 11.3 Å². The first-order chi connectivity index (χ1) is 18.2.